The largest absolute Gasteiger partial charge is 0.363 e. The van der Waals surface area contributed by atoms with E-state index in [1.54, 1.807) is 18.3 Å². The zero-order valence-corrected chi connectivity index (χ0v) is 13.5. The van der Waals surface area contributed by atoms with Gasteiger partial charge in [-0.3, -0.25) is 4.90 Å². The Morgan fingerprint density at radius 2 is 2.13 bits per heavy atom. The van der Waals surface area contributed by atoms with E-state index in [2.05, 4.69) is 11.6 Å². The van der Waals surface area contributed by atoms with Crippen LogP contribution in [0.4, 0.5) is 0 Å². The van der Waals surface area contributed by atoms with Crippen LogP contribution in [0.15, 0.2) is 48.2 Å². The molecule has 1 aromatic rings. The average molecular weight is 360 g/mol. The highest BCUT2D eigenvalue weighted by atomic mass is 35.5. The summed E-state index contributed by atoms with van der Waals surface area (Å²) in [5, 5.41) is 16.0. The van der Waals surface area contributed by atoms with Gasteiger partial charge in [-0.15, -0.1) is 6.58 Å². The summed E-state index contributed by atoms with van der Waals surface area (Å²) in [5.41, 5.74) is 0.925. The van der Waals surface area contributed by atoms with E-state index < -0.39 is 5.09 Å². The number of hydrogen-bond donors (Lipinski definition) is 1. The number of aliphatic imine (C=N–C) groups is 1. The molecule has 2 unspecified atom stereocenters. The Morgan fingerprint density at radius 3 is 2.65 bits per heavy atom. The van der Waals surface area contributed by atoms with E-state index in [0.29, 0.717) is 16.7 Å². The number of hydrogen-bond acceptors (Lipinski definition) is 5. The minimum atomic E-state index is -1.75. The van der Waals surface area contributed by atoms with Gasteiger partial charge in [0.2, 0.25) is 0 Å². The summed E-state index contributed by atoms with van der Waals surface area (Å²) in [5.74, 6) is 0. The van der Waals surface area contributed by atoms with Gasteiger partial charge in [0.1, 0.15) is 18.8 Å². The van der Waals surface area contributed by atoms with Crippen molar-refractivity contribution >= 4 is 29.5 Å². The van der Waals surface area contributed by atoms with E-state index in [-0.39, 0.29) is 6.10 Å². The van der Waals surface area contributed by atoms with Gasteiger partial charge in [0, 0.05) is 15.6 Å². The molecule has 1 heterocycles. The Hall–Kier alpha value is -1.93. The molecule has 0 radical (unpaired) electrons. The van der Waals surface area contributed by atoms with Gasteiger partial charge in [-0.1, -0.05) is 35.3 Å². The van der Waals surface area contributed by atoms with Gasteiger partial charge in [-0.05, 0) is 12.1 Å². The van der Waals surface area contributed by atoms with Crippen molar-refractivity contribution in [1.29, 1.82) is 0 Å². The van der Waals surface area contributed by atoms with Gasteiger partial charge in [0.15, 0.2) is 6.34 Å². The summed E-state index contributed by atoms with van der Waals surface area (Å²) in [6.07, 6.45) is 7.15. The summed E-state index contributed by atoms with van der Waals surface area (Å²) in [4.78, 5) is 13.4. The van der Waals surface area contributed by atoms with Gasteiger partial charge >= 0.3 is 0 Å². The molecule has 0 fully saturated rings. The molecule has 2 atom stereocenters. The number of rotatable bonds is 6. The standard InChI is InChI=1S/C14H14Cl2N2O.NO3/c1-2-7-19-14(9-18-6-5-17-10-18)12-4-3-11(15)8-13(12)16;2-1(3)4/h2-6,8,10,14H,1,7,9H2;/q;-1/p+1. The summed E-state index contributed by atoms with van der Waals surface area (Å²) in [7, 11) is 0. The van der Waals surface area contributed by atoms with Crippen LogP contribution in [0.2, 0.25) is 10.0 Å². The monoisotopic (exact) mass is 359 g/mol. The first kappa shape index (κ1) is 19.1. The second-order valence-corrected chi connectivity index (χ2v) is 5.22. The lowest BCUT2D eigenvalue weighted by atomic mass is 10.1. The predicted octanol–water partition coefficient (Wildman–Crippen LogP) is 2.40. The van der Waals surface area contributed by atoms with E-state index >= 15 is 0 Å². The quantitative estimate of drug-likeness (QED) is 0.479. The number of quaternary nitrogens is 1. The molecule has 0 aliphatic carbocycles. The molecule has 9 heteroatoms. The minimum absolute atomic E-state index is 0.132. The molecule has 7 nitrogen and oxygen atoms in total. The smallest absolute Gasteiger partial charge is 0.193 e. The van der Waals surface area contributed by atoms with Gasteiger partial charge in [0.05, 0.1) is 17.9 Å². The maximum Gasteiger partial charge on any atom is 0.193 e. The van der Waals surface area contributed by atoms with Crippen molar-refractivity contribution in [1.82, 2.24) is 0 Å². The molecule has 23 heavy (non-hydrogen) atoms. The van der Waals surface area contributed by atoms with Gasteiger partial charge in [-0.25, -0.2) is 4.99 Å². The lowest BCUT2D eigenvalue weighted by Gasteiger charge is -2.19. The summed E-state index contributed by atoms with van der Waals surface area (Å²) in [6.45, 7) is 4.86. The normalized spacial score (nSPS) is 16.5. The molecular weight excluding hydrogens is 345 g/mol. The third-order valence-electron chi connectivity index (χ3n) is 2.76. The zero-order chi connectivity index (χ0) is 17.2. The van der Waals surface area contributed by atoms with Crippen molar-refractivity contribution in [2.45, 2.75) is 6.10 Å². The molecule has 1 aliphatic rings. The highest BCUT2D eigenvalue weighted by molar-refractivity contribution is 6.35. The van der Waals surface area contributed by atoms with E-state index in [0.717, 1.165) is 17.0 Å². The summed E-state index contributed by atoms with van der Waals surface area (Å²) < 4.78 is 5.80. The number of halogens is 2. The van der Waals surface area contributed by atoms with E-state index in [9.17, 15) is 0 Å². The van der Waals surface area contributed by atoms with Crippen molar-refractivity contribution in [2.24, 2.45) is 4.99 Å². The zero-order valence-electron chi connectivity index (χ0n) is 12.0. The number of benzene rings is 1. The van der Waals surface area contributed by atoms with Crippen molar-refractivity contribution in [3.8, 4) is 0 Å². The molecule has 0 spiro atoms. The Morgan fingerprint density at radius 1 is 1.43 bits per heavy atom. The van der Waals surface area contributed by atoms with Crippen molar-refractivity contribution in [3.63, 3.8) is 0 Å². The Kier molecular flexibility index (Phi) is 8.28. The molecule has 1 aliphatic heterocycles. The van der Waals surface area contributed by atoms with Crippen molar-refractivity contribution < 1.29 is 14.7 Å². The van der Waals surface area contributed by atoms with Gasteiger partial charge in [-0.2, -0.15) is 0 Å². The molecule has 1 aromatic carbocycles. The van der Waals surface area contributed by atoms with Crippen LogP contribution in [0.3, 0.4) is 0 Å². The average Bonchev–Trinajstić information content (AvgIpc) is 2.96. The molecule has 0 aromatic heterocycles. The fraction of sp³-hybridized carbons (Fsp3) is 0.214. The highest BCUT2D eigenvalue weighted by Crippen LogP contribution is 2.27. The maximum atomic E-state index is 8.25. The molecular formula is C14H15Cl2N3O4. The molecule has 0 bridgehead atoms. The SMILES string of the molecule is C=CCOC(C[NH+]1C=CN=C1)c1ccc(Cl)cc1Cl.O=[N+]([O-])[O-]. The van der Waals surface area contributed by atoms with Crippen LogP contribution in [0, 0.1) is 15.3 Å². The lowest BCUT2D eigenvalue weighted by Crippen LogP contribution is -3.06. The molecule has 1 N–H and O–H groups in total. The Balaban J connectivity index is 0.000000593. The van der Waals surface area contributed by atoms with Crippen LogP contribution >= 0.6 is 23.2 Å². The van der Waals surface area contributed by atoms with Gasteiger partial charge in [0.25, 0.3) is 0 Å². The molecule has 0 saturated heterocycles. The second-order valence-electron chi connectivity index (χ2n) is 4.37. The first-order valence-electron chi connectivity index (χ1n) is 6.48. The highest BCUT2D eigenvalue weighted by Gasteiger charge is 2.21. The number of ether oxygens (including phenoxy) is 1. The number of nitrogens with one attached hydrogen (secondary N) is 1. The van der Waals surface area contributed by atoms with E-state index in [4.69, 9.17) is 43.3 Å². The molecule has 2 rings (SSSR count). The van der Waals surface area contributed by atoms with Crippen molar-refractivity contribution in [2.75, 3.05) is 13.2 Å². The molecule has 124 valence electrons. The van der Waals surface area contributed by atoms with Crippen molar-refractivity contribution in [3.05, 3.63) is 74.2 Å². The van der Waals surface area contributed by atoms with Crippen LogP contribution in [0.25, 0.3) is 0 Å². The fourth-order valence-electron chi connectivity index (χ4n) is 1.86. The Bertz CT molecular complexity index is 592. The van der Waals surface area contributed by atoms with Crippen LogP contribution in [-0.4, -0.2) is 24.6 Å². The topological polar surface area (TPSA) is 92.2 Å². The van der Waals surface area contributed by atoms with Crippen LogP contribution in [0.1, 0.15) is 11.7 Å². The van der Waals surface area contributed by atoms with Crippen LogP contribution < -0.4 is 4.90 Å². The molecule has 0 amide bonds. The maximum absolute atomic E-state index is 8.25. The Labute approximate surface area is 143 Å². The fourth-order valence-corrected chi connectivity index (χ4v) is 2.39. The van der Waals surface area contributed by atoms with Crippen LogP contribution in [0.5, 0.6) is 0 Å². The summed E-state index contributed by atoms with van der Waals surface area (Å²) >= 11 is 12.2. The third-order valence-corrected chi connectivity index (χ3v) is 3.32. The number of nitrogens with zero attached hydrogens (tertiary/aromatic N) is 2. The van der Waals surface area contributed by atoms with E-state index in [1.165, 1.54) is 0 Å². The third kappa shape index (κ3) is 7.25. The predicted molar refractivity (Wildman–Crippen MR) is 89.2 cm³/mol. The van der Waals surface area contributed by atoms with Crippen LogP contribution in [-0.2, 0) is 4.74 Å². The first-order valence-corrected chi connectivity index (χ1v) is 7.24. The molecule has 0 saturated carbocycles. The lowest BCUT2D eigenvalue weighted by molar-refractivity contribution is -0.742. The first-order chi connectivity index (χ1) is 10.9. The second kappa shape index (κ2) is 9.96. The summed E-state index contributed by atoms with van der Waals surface area (Å²) in [6, 6.07) is 5.44. The minimum Gasteiger partial charge on any atom is -0.363 e. The van der Waals surface area contributed by atoms with Gasteiger partial charge < -0.3 is 20.1 Å². The van der Waals surface area contributed by atoms with E-state index in [1.807, 2.05) is 24.7 Å².